The normalized spacial score (nSPS) is 11.3. The molecule has 0 radical (unpaired) electrons. The number of hydrogen-bond acceptors (Lipinski definition) is 5. The van der Waals surface area contributed by atoms with E-state index in [1.165, 1.54) is 11.3 Å². The smallest absolute Gasteiger partial charge is 0.372 e. The van der Waals surface area contributed by atoms with Gasteiger partial charge in [-0.1, -0.05) is 22.8 Å². The Morgan fingerprint density at radius 3 is 2.90 bits per heavy atom. The van der Waals surface area contributed by atoms with Crippen molar-refractivity contribution in [1.29, 1.82) is 0 Å². The number of thiophene rings is 1. The van der Waals surface area contributed by atoms with Crippen LogP contribution in [0.2, 0.25) is 5.02 Å². The van der Waals surface area contributed by atoms with Gasteiger partial charge < -0.3 is 9.57 Å². The summed E-state index contributed by atoms with van der Waals surface area (Å²) in [5, 5.41) is 6.28. The summed E-state index contributed by atoms with van der Waals surface area (Å²) in [6.45, 7) is 1.54. The molecule has 0 aliphatic carbocycles. The van der Waals surface area contributed by atoms with Gasteiger partial charge in [0.05, 0.1) is 15.1 Å². The summed E-state index contributed by atoms with van der Waals surface area (Å²) in [5.41, 5.74) is 0.644. The van der Waals surface area contributed by atoms with E-state index in [0.29, 0.717) is 21.0 Å². The zero-order chi connectivity index (χ0) is 15.2. The summed E-state index contributed by atoms with van der Waals surface area (Å²) in [6, 6.07) is 8.83. The summed E-state index contributed by atoms with van der Waals surface area (Å²) in [5.74, 6) is -0.0666. The quantitative estimate of drug-likeness (QED) is 0.430. The fraction of sp³-hybridized carbons (Fsp3) is 0.143. The second kappa shape index (κ2) is 7.59. The molecule has 2 aromatic rings. The molecule has 0 aliphatic rings. The van der Waals surface area contributed by atoms with Crippen molar-refractivity contribution < 1.29 is 14.4 Å². The van der Waals surface area contributed by atoms with Crippen LogP contribution < -0.4 is 4.74 Å². The van der Waals surface area contributed by atoms with Gasteiger partial charge in [0.2, 0.25) is 0 Å². The van der Waals surface area contributed by atoms with Gasteiger partial charge in [-0.05, 0) is 52.5 Å². The van der Waals surface area contributed by atoms with E-state index >= 15 is 0 Å². The number of ether oxygens (including phenoxy) is 1. The van der Waals surface area contributed by atoms with Crippen molar-refractivity contribution in [1.82, 2.24) is 0 Å². The van der Waals surface area contributed by atoms with E-state index in [0.717, 1.165) is 4.88 Å². The molecule has 0 unspecified atom stereocenters. The number of oxime groups is 1. The molecule has 0 amide bonds. The van der Waals surface area contributed by atoms with Crippen molar-refractivity contribution in [2.75, 3.05) is 6.61 Å². The third-order valence-corrected chi connectivity index (χ3v) is 4.24. The molecule has 0 aliphatic heterocycles. The van der Waals surface area contributed by atoms with Crippen LogP contribution in [0.5, 0.6) is 5.75 Å². The van der Waals surface area contributed by atoms with Gasteiger partial charge in [-0.3, -0.25) is 0 Å². The summed E-state index contributed by atoms with van der Waals surface area (Å²) in [4.78, 5) is 17.3. The van der Waals surface area contributed by atoms with Crippen molar-refractivity contribution in [3.05, 3.63) is 50.1 Å². The van der Waals surface area contributed by atoms with Crippen molar-refractivity contribution in [3.8, 4) is 5.75 Å². The largest absolute Gasteiger partial charge is 0.481 e. The fourth-order valence-electron chi connectivity index (χ4n) is 1.40. The van der Waals surface area contributed by atoms with Gasteiger partial charge in [0.1, 0.15) is 5.75 Å². The summed E-state index contributed by atoms with van der Waals surface area (Å²) < 4.78 is 6.00. The average Bonchev–Trinajstić information content (AvgIpc) is 2.98. The van der Waals surface area contributed by atoms with Crippen LogP contribution in [0.4, 0.5) is 0 Å². The molecule has 4 nitrogen and oxygen atoms in total. The van der Waals surface area contributed by atoms with Crippen LogP contribution in [-0.2, 0) is 9.63 Å². The minimum atomic E-state index is -0.576. The van der Waals surface area contributed by atoms with Gasteiger partial charge in [-0.15, -0.1) is 11.3 Å². The first kappa shape index (κ1) is 16.0. The van der Waals surface area contributed by atoms with Gasteiger partial charge in [0.25, 0.3) is 0 Å². The third-order valence-electron chi connectivity index (χ3n) is 2.40. The molecule has 1 aromatic carbocycles. The standard InChI is InChI=1S/C14H11BrClNO3S/c1-9(13-3-2-6-21-13)17-20-14(18)8-19-12-5-4-10(16)7-11(12)15/h2-7H,8H2,1H3/b17-9-. The first-order chi connectivity index (χ1) is 10.1. The molecule has 0 saturated heterocycles. The van der Waals surface area contributed by atoms with Crippen LogP contribution in [-0.4, -0.2) is 18.3 Å². The van der Waals surface area contributed by atoms with E-state index in [4.69, 9.17) is 21.2 Å². The second-order valence-corrected chi connectivity index (χ2v) is 6.22. The minimum absolute atomic E-state index is 0.235. The number of benzene rings is 1. The first-order valence-corrected chi connectivity index (χ1v) is 7.97. The second-order valence-electron chi connectivity index (χ2n) is 3.98. The van der Waals surface area contributed by atoms with E-state index in [9.17, 15) is 4.79 Å². The van der Waals surface area contributed by atoms with Gasteiger partial charge in [0, 0.05) is 5.02 Å². The lowest BCUT2D eigenvalue weighted by molar-refractivity contribution is -0.146. The topological polar surface area (TPSA) is 47.9 Å². The van der Waals surface area contributed by atoms with Crippen molar-refractivity contribution >= 4 is 50.5 Å². The number of rotatable bonds is 5. The Labute approximate surface area is 139 Å². The van der Waals surface area contributed by atoms with E-state index in [1.807, 2.05) is 17.5 Å². The lowest BCUT2D eigenvalue weighted by Crippen LogP contribution is -2.13. The SMILES string of the molecule is C/C(=N/OC(=O)COc1ccc(Cl)cc1Br)c1cccs1. The maximum atomic E-state index is 11.6. The number of carbonyl (C=O) groups excluding carboxylic acids is 1. The Morgan fingerprint density at radius 2 is 2.24 bits per heavy atom. The Balaban J connectivity index is 1.86. The van der Waals surface area contributed by atoms with Crippen LogP contribution in [0.25, 0.3) is 0 Å². The Hall–Kier alpha value is -1.37. The molecular formula is C14H11BrClNO3S. The lowest BCUT2D eigenvalue weighted by atomic mass is 10.3. The molecule has 2 rings (SSSR count). The monoisotopic (exact) mass is 387 g/mol. The number of halogens is 2. The van der Waals surface area contributed by atoms with Crippen molar-refractivity contribution in [2.24, 2.45) is 5.16 Å². The van der Waals surface area contributed by atoms with Crippen molar-refractivity contribution in [3.63, 3.8) is 0 Å². The highest BCUT2D eigenvalue weighted by Gasteiger charge is 2.08. The molecule has 110 valence electrons. The Kier molecular flexibility index (Phi) is 5.78. The number of carbonyl (C=O) groups is 1. The molecule has 7 heteroatoms. The molecule has 1 aromatic heterocycles. The maximum absolute atomic E-state index is 11.6. The zero-order valence-corrected chi connectivity index (χ0v) is 14.2. The number of hydrogen-bond donors (Lipinski definition) is 0. The molecule has 0 fully saturated rings. The minimum Gasteiger partial charge on any atom is -0.481 e. The van der Waals surface area contributed by atoms with E-state index in [1.54, 1.807) is 25.1 Å². The predicted molar refractivity (Wildman–Crippen MR) is 87.3 cm³/mol. The van der Waals surface area contributed by atoms with Crippen LogP contribution in [0.3, 0.4) is 0 Å². The Morgan fingerprint density at radius 1 is 1.43 bits per heavy atom. The van der Waals surface area contributed by atoms with Crippen LogP contribution in [0.15, 0.2) is 45.3 Å². The maximum Gasteiger partial charge on any atom is 0.372 e. The zero-order valence-electron chi connectivity index (χ0n) is 11.0. The molecule has 0 atom stereocenters. The molecular weight excluding hydrogens is 378 g/mol. The van der Waals surface area contributed by atoms with Crippen LogP contribution in [0.1, 0.15) is 11.8 Å². The molecule has 0 N–H and O–H groups in total. The predicted octanol–water partition coefficient (Wildman–Crippen LogP) is 4.51. The highest BCUT2D eigenvalue weighted by Crippen LogP contribution is 2.27. The van der Waals surface area contributed by atoms with Crippen molar-refractivity contribution in [2.45, 2.75) is 6.92 Å². The highest BCUT2D eigenvalue weighted by atomic mass is 79.9. The summed E-state index contributed by atoms with van der Waals surface area (Å²) >= 11 is 10.6. The van der Waals surface area contributed by atoms with Gasteiger partial charge in [-0.2, -0.15) is 0 Å². The average molecular weight is 389 g/mol. The fourth-order valence-corrected chi connectivity index (χ4v) is 2.87. The molecule has 0 bridgehead atoms. The van der Waals surface area contributed by atoms with E-state index in [-0.39, 0.29) is 6.61 Å². The molecule has 1 heterocycles. The van der Waals surface area contributed by atoms with Gasteiger partial charge in [0.15, 0.2) is 6.61 Å². The van der Waals surface area contributed by atoms with Crippen LogP contribution >= 0.6 is 38.9 Å². The summed E-state index contributed by atoms with van der Waals surface area (Å²) in [7, 11) is 0. The molecule has 0 saturated carbocycles. The van der Waals surface area contributed by atoms with Gasteiger partial charge in [-0.25, -0.2) is 4.79 Å². The van der Waals surface area contributed by atoms with Gasteiger partial charge >= 0.3 is 5.97 Å². The van der Waals surface area contributed by atoms with E-state index < -0.39 is 5.97 Å². The first-order valence-electron chi connectivity index (χ1n) is 5.92. The van der Waals surface area contributed by atoms with E-state index in [2.05, 4.69) is 21.1 Å². The summed E-state index contributed by atoms with van der Waals surface area (Å²) in [6.07, 6.45) is 0. The highest BCUT2D eigenvalue weighted by molar-refractivity contribution is 9.10. The molecule has 0 spiro atoms. The lowest BCUT2D eigenvalue weighted by Gasteiger charge is -2.06. The van der Waals surface area contributed by atoms with Crippen LogP contribution in [0, 0.1) is 0 Å². The molecule has 21 heavy (non-hydrogen) atoms. The third kappa shape index (κ3) is 4.84. The number of nitrogens with zero attached hydrogens (tertiary/aromatic N) is 1. The Bertz CT molecular complexity index is 658.